The number of hydrogen-bond acceptors (Lipinski definition) is 4. The number of ether oxygens (including phenoxy) is 1. The molecule has 8 heteroatoms. The van der Waals surface area contributed by atoms with Crippen LogP contribution in [0, 0.1) is 0 Å². The molecule has 21 heavy (non-hydrogen) atoms. The molecule has 0 radical (unpaired) electrons. The van der Waals surface area contributed by atoms with E-state index in [0.717, 1.165) is 0 Å². The van der Waals surface area contributed by atoms with Crippen molar-refractivity contribution in [1.82, 2.24) is 4.90 Å². The summed E-state index contributed by atoms with van der Waals surface area (Å²) >= 11 is 11.9. The zero-order valence-electron chi connectivity index (χ0n) is 11.4. The lowest BCUT2D eigenvalue weighted by Gasteiger charge is -2.31. The quantitative estimate of drug-likeness (QED) is 0.868. The highest BCUT2D eigenvalue weighted by Gasteiger charge is 2.21. The minimum absolute atomic E-state index is 0. The highest BCUT2D eigenvalue weighted by molar-refractivity contribution is 6.43. The molecule has 1 aromatic carbocycles. The van der Waals surface area contributed by atoms with Crippen molar-refractivity contribution in [2.45, 2.75) is 6.10 Å². The van der Waals surface area contributed by atoms with Gasteiger partial charge in [-0.05, 0) is 12.1 Å². The fourth-order valence-electron chi connectivity index (χ4n) is 2.06. The van der Waals surface area contributed by atoms with Crippen LogP contribution in [-0.4, -0.2) is 49.7 Å². The predicted molar refractivity (Wildman–Crippen MR) is 87.6 cm³/mol. The molecule has 0 aromatic heterocycles. The standard InChI is InChI=1S/C13H17Cl2N3O2.ClH/c14-10-2-1-3-11(13(10)15)17-12(19)8-18-4-5-20-9(6-16)7-18;/h1-3,9H,4-8,16H2,(H,17,19);1H. The highest BCUT2D eigenvalue weighted by atomic mass is 35.5. The Balaban J connectivity index is 0.00000220. The molecule has 1 amide bonds. The fourth-order valence-corrected chi connectivity index (χ4v) is 2.41. The molecule has 1 aliphatic heterocycles. The van der Waals surface area contributed by atoms with E-state index in [1.165, 1.54) is 0 Å². The molecule has 5 nitrogen and oxygen atoms in total. The molecular weight excluding hydrogens is 337 g/mol. The van der Waals surface area contributed by atoms with Crippen molar-refractivity contribution >= 4 is 47.2 Å². The van der Waals surface area contributed by atoms with E-state index < -0.39 is 0 Å². The Morgan fingerprint density at radius 3 is 2.95 bits per heavy atom. The van der Waals surface area contributed by atoms with Crippen molar-refractivity contribution in [3.05, 3.63) is 28.2 Å². The van der Waals surface area contributed by atoms with E-state index in [2.05, 4.69) is 5.32 Å². The number of rotatable bonds is 4. The van der Waals surface area contributed by atoms with Crippen LogP contribution in [0.25, 0.3) is 0 Å². The van der Waals surface area contributed by atoms with Crippen LogP contribution in [0.15, 0.2) is 18.2 Å². The minimum atomic E-state index is -0.133. The van der Waals surface area contributed by atoms with Gasteiger partial charge in [-0.15, -0.1) is 12.4 Å². The molecule has 1 heterocycles. The molecule has 1 fully saturated rings. The molecule has 2 rings (SSSR count). The fraction of sp³-hybridized carbons (Fsp3) is 0.462. The first kappa shape index (κ1) is 18.5. The van der Waals surface area contributed by atoms with Gasteiger partial charge < -0.3 is 15.8 Å². The average molecular weight is 355 g/mol. The maximum atomic E-state index is 12.0. The van der Waals surface area contributed by atoms with Crippen LogP contribution < -0.4 is 11.1 Å². The Morgan fingerprint density at radius 2 is 2.24 bits per heavy atom. The van der Waals surface area contributed by atoms with E-state index >= 15 is 0 Å². The van der Waals surface area contributed by atoms with Crippen LogP contribution in [0.1, 0.15) is 0 Å². The first-order valence-electron chi connectivity index (χ1n) is 6.38. The van der Waals surface area contributed by atoms with E-state index in [0.29, 0.717) is 42.0 Å². The van der Waals surface area contributed by atoms with Crippen molar-refractivity contribution in [2.24, 2.45) is 5.73 Å². The number of anilines is 1. The lowest BCUT2D eigenvalue weighted by molar-refractivity contribution is -0.119. The van der Waals surface area contributed by atoms with Gasteiger partial charge in [-0.3, -0.25) is 9.69 Å². The van der Waals surface area contributed by atoms with Gasteiger partial charge in [-0.25, -0.2) is 0 Å². The Morgan fingerprint density at radius 1 is 1.48 bits per heavy atom. The van der Waals surface area contributed by atoms with Crippen molar-refractivity contribution in [1.29, 1.82) is 0 Å². The number of benzene rings is 1. The Hall–Kier alpha value is -0.560. The van der Waals surface area contributed by atoms with Crippen LogP contribution in [0.4, 0.5) is 5.69 Å². The van der Waals surface area contributed by atoms with Gasteiger partial charge in [0.25, 0.3) is 0 Å². The largest absolute Gasteiger partial charge is 0.374 e. The van der Waals surface area contributed by atoms with Crippen LogP contribution >= 0.6 is 35.6 Å². The summed E-state index contributed by atoms with van der Waals surface area (Å²) in [5.74, 6) is -0.133. The number of morpholine rings is 1. The summed E-state index contributed by atoms with van der Waals surface area (Å²) in [5, 5.41) is 3.53. The molecule has 1 atom stereocenters. The molecule has 0 saturated carbocycles. The van der Waals surface area contributed by atoms with Crippen LogP contribution in [0.3, 0.4) is 0 Å². The molecule has 0 bridgehead atoms. The zero-order valence-corrected chi connectivity index (χ0v) is 13.7. The second-order valence-electron chi connectivity index (χ2n) is 4.61. The third kappa shape index (κ3) is 5.29. The number of nitrogens with one attached hydrogen (secondary N) is 1. The number of amides is 1. The minimum Gasteiger partial charge on any atom is -0.374 e. The molecule has 1 saturated heterocycles. The number of halogens is 3. The summed E-state index contributed by atoms with van der Waals surface area (Å²) in [7, 11) is 0. The van der Waals surface area contributed by atoms with Crippen LogP contribution in [0.2, 0.25) is 10.0 Å². The molecule has 0 aliphatic carbocycles. The Kier molecular flexibility index (Phi) is 7.73. The maximum Gasteiger partial charge on any atom is 0.238 e. The van der Waals surface area contributed by atoms with Gasteiger partial charge in [0, 0.05) is 19.6 Å². The van der Waals surface area contributed by atoms with Crippen LogP contribution in [-0.2, 0) is 9.53 Å². The number of nitrogens with zero attached hydrogens (tertiary/aromatic N) is 1. The summed E-state index contributed by atoms with van der Waals surface area (Å²) in [6.07, 6.45) is -0.00805. The summed E-state index contributed by atoms with van der Waals surface area (Å²) < 4.78 is 5.46. The van der Waals surface area contributed by atoms with E-state index in [1.54, 1.807) is 18.2 Å². The molecule has 3 N–H and O–H groups in total. The number of carbonyl (C=O) groups excluding carboxylic acids is 1. The lowest BCUT2D eigenvalue weighted by Crippen LogP contribution is -2.48. The van der Waals surface area contributed by atoms with E-state index in [4.69, 9.17) is 33.7 Å². The van der Waals surface area contributed by atoms with Gasteiger partial charge in [0.2, 0.25) is 5.91 Å². The van der Waals surface area contributed by atoms with Gasteiger partial charge in [0.1, 0.15) is 0 Å². The van der Waals surface area contributed by atoms with E-state index in [-0.39, 0.29) is 31.0 Å². The van der Waals surface area contributed by atoms with Gasteiger partial charge in [0.15, 0.2) is 0 Å². The first-order chi connectivity index (χ1) is 9.60. The third-order valence-electron chi connectivity index (χ3n) is 3.08. The van der Waals surface area contributed by atoms with Gasteiger partial charge in [0.05, 0.1) is 35.0 Å². The monoisotopic (exact) mass is 353 g/mol. The molecule has 0 spiro atoms. The number of nitrogens with two attached hydrogens (primary N) is 1. The molecule has 1 aromatic rings. The lowest BCUT2D eigenvalue weighted by atomic mass is 10.2. The van der Waals surface area contributed by atoms with Crippen LogP contribution in [0.5, 0.6) is 0 Å². The van der Waals surface area contributed by atoms with Crippen molar-refractivity contribution < 1.29 is 9.53 Å². The van der Waals surface area contributed by atoms with E-state index in [1.807, 2.05) is 4.90 Å². The number of hydrogen-bond donors (Lipinski definition) is 2. The highest BCUT2D eigenvalue weighted by Crippen LogP contribution is 2.29. The topological polar surface area (TPSA) is 67.6 Å². The Labute approximate surface area is 140 Å². The molecular formula is C13H18Cl3N3O2. The number of carbonyl (C=O) groups is 1. The molecule has 1 unspecified atom stereocenters. The second kappa shape index (κ2) is 8.78. The predicted octanol–water partition coefficient (Wildman–Crippen LogP) is 2.01. The average Bonchev–Trinajstić information content (AvgIpc) is 2.44. The second-order valence-corrected chi connectivity index (χ2v) is 5.40. The first-order valence-corrected chi connectivity index (χ1v) is 7.13. The smallest absolute Gasteiger partial charge is 0.238 e. The maximum absolute atomic E-state index is 12.0. The molecule has 118 valence electrons. The van der Waals surface area contributed by atoms with Crippen molar-refractivity contribution in [2.75, 3.05) is 38.1 Å². The van der Waals surface area contributed by atoms with E-state index in [9.17, 15) is 4.79 Å². The van der Waals surface area contributed by atoms with Crippen molar-refractivity contribution in [3.63, 3.8) is 0 Å². The Bertz CT molecular complexity index is 488. The third-order valence-corrected chi connectivity index (χ3v) is 3.90. The summed E-state index contributed by atoms with van der Waals surface area (Å²) in [6.45, 7) is 2.70. The van der Waals surface area contributed by atoms with Gasteiger partial charge in [-0.1, -0.05) is 29.3 Å². The normalized spacial score (nSPS) is 18.9. The van der Waals surface area contributed by atoms with Gasteiger partial charge in [-0.2, -0.15) is 0 Å². The zero-order chi connectivity index (χ0) is 14.5. The summed E-state index contributed by atoms with van der Waals surface area (Å²) in [6, 6.07) is 5.13. The summed E-state index contributed by atoms with van der Waals surface area (Å²) in [5.41, 5.74) is 6.09. The SMILES string of the molecule is Cl.NCC1CN(CC(=O)Nc2cccc(Cl)c2Cl)CCO1. The van der Waals surface area contributed by atoms with Crippen molar-refractivity contribution in [3.8, 4) is 0 Å². The van der Waals surface area contributed by atoms with Gasteiger partial charge >= 0.3 is 0 Å². The summed E-state index contributed by atoms with van der Waals surface area (Å²) in [4.78, 5) is 14.0. The molecule has 1 aliphatic rings.